The number of ether oxygens (including phenoxy) is 1. The van der Waals surface area contributed by atoms with Crippen LogP contribution in [0.5, 0.6) is 0 Å². The lowest BCUT2D eigenvalue weighted by atomic mass is 9.74. The van der Waals surface area contributed by atoms with Crippen LogP contribution < -0.4 is 5.32 Å². The minimum Gasteiger partial charge on any atom is -0.466 e. The summed E-state index contributed by atoms with van der Waals surface area (Å²) < 4.78 is 11.4. The maximum Gasteiger partial charge on any atom is 0.109 e. The van der Waals surface area contributed by atoms with Crippen LogP contribution in [-0.4, -0.2) is 19.3 Å². The summed E-state index contributed by atoms with van der Waals surface area (Å²) in [7, 11) is 0. The van der Waals surface area contributed by atoms with Gasteiger partial charge in [0.25, 0.3) is 0 Å². The SMILES string of the molecule is CCOCC(C)NC1CC(C)(C)Cc2oc(C)cc21. The summed E-state index contributed by atoms with van der Waals surface area (Å²) in [5, 5.41) is 3.69. The number of hydrogen-bond donors (Lipinski definition) is 1. The normalized spacial score (nSPS) is 23.1. The smallest absolute Gasteiger partial charge is 0.109 e. The minimum atomic E-state index is 0.292. The van der Waals surface area contributed by atoms with Crippen LogP contribution >= 0.6 is 0 Å². The van der Waals surface area contributed by atoms with Gasteiger partial charge in [0.2, 0.25) is 0 Å². The van der Waals surface area contributed by atoms with Crippen molar-refractivity contribution in [1.82, 2.24) is 5.32 Å². The fourth-order valence-corrected chi connectivity index (χ4v) is 3.02. The number of rotatable bonds is 5. The zero-order valence-corrected chi connectivity index (χ0v) is 12.9. The molecule has 0 radical (unpaired) electrons. The van der Waals surface area contributed by atoms with E-state index in [0.29, 0.717) is 17.5 Å². The third kappa shape index (κ3) is 3.61. The lowest BCUT2D eigenvalue weighted by molar-refractivity contribution is 0.117. The van der Waals surface area contributed by atoms with Crippen molar-refractivity contribution in [3.05, 3.63) is 23.2 Å². The zero-order valence-electron chi connectivity index (χ0n) is 12.9. The van der Waals surface area contributed by atoms with E-state index in [0.717, 1.165) is 37.6 Å². The molecule has 19 heavy (non-hydrogen) atoms. The first-order valence-electron chi connectivity index (χ1n) is 7.34. The van der Waals surface area contributed by atoms with Gasteiger partial charge in [-0.25, -0.2) is 0 Å². The number of aryl methyl sites for hydroxylation is 1. The molecule has 108 valence electrons. The topological polar surface area (TPSA) is 34.4 Å². The Bertz CT molecular complexity index is 422. The Morgan fingerprint density at radius 2 is 2.26 bits per heavy atom. The third-order valence-corrected chi connectivity index (χ3v) is 3.79. The van der Waals surface area contributed by atoms with Crippen LogP contribution in [0.4, 0.5) is 0 Å². The van der Waals surface area contributed by atoms with E-state index in [1.165, 1.54) is 5.56 Å². The third-order valence-electron chi connectivity index (χ3n) is 3.79. The summed E-state index contributed by atoms with van der Waals surface area (Å²) in [6.07, 6.45) is 2.18. The van der Waals surface area contributed by atoms with Crippen molar-refractivity contribution in [2.75, 3.05) is 13.2 Å². The van der Waals surface area contributed by atoms with Crippen molar-refractivity contribution in [3.8, 4) is 0 Å². The van der Waals surface area contributed by atoms with Crippen molar-refractivity contribution in [3.63, 3.8) is 0 Å². The van der Waals surface area contributed by atoms with E-state index in [-0.39, 0.29) is 0 Å². The minimum absolute atomic E-state index is 0.292. The summed E-state index contributed by atoms with van der Waals surface area (Å²) in [6.45, 7) is 12.4. The molecule has 1 aliphatic rings. The Hall–Kier alpha value is -0.800. The van der Waals surface area contributed by atoms with Gasteiger partial charge < -0.3 is 14.5 Å². The van der Waals surface area contributed by atoms with E-state index in [4.69, 9.17) is 9.15 Å². The molecule has 0 bridgehead atoms. The molecular formula is C16H27NO2. The highest BCUT2D eigenvalue weighted by atomic mass is 16.5. The second-order valence-corrected chi connectivity index (χ2v) is 6.56. The van der Waals surface area contributed by atoms with Gasteiger partial charge in [-0.15, -0.1) is 0 Å². The van der Waals surface area contributed by atoms with Crippen molar-refractivity contribution >= 4 is 0 Å². The van der Waals surface area contributed by atoms with Gasteiger partial charge in [0.05, 0.1) is 6.61 Å². The molecule has 2 unspecified atom stereocenters. The van der Waals surface area contributed by atoms with E-state index < -0.39 is 0 Å². The molecular weight excluding hydrogens is 238 g/mol. The number of hydrogen-bond acceptors (Lipinski definition) is 3. The Labute approximate surface area is 116 Å². The maximum atomic E-state index is 5.86. The van der Waals surface area contributed by atoms with Crippen LogP contribution in [0.25, 0.3) is 0 Å². The van der Waals surface area contributed by atoms with E-state index in [1.54, 1.807) is 0 Å². The molecule has 1 aromatic rings. The molecule has 2 rings (SSSR count). The van der Waals surface area contributed by atoms with Gasteiger partial charge in [0, 0.05) is 30.7 Å². The monoisotopic (exact) mass is 265 g/mol. The Morgan fingerprint density at radius 3 is 2.95 bits per heavy atom. The molecule has 1 N–H and O–H groups in total. The first kappa shape index (κ1) is 14.6. The van der Waals surface area contributed by atoms with Crippen LogP contribution in [0, 0.1) is 12.3 Å². The van der Waals surface area contributed by atoms with E-state index in [9.17, 15) is 0 Å². The van der Waals surface area contributed by atoms with Crippen molar-refractivity contribution in [2.45, 2.75) is 59.5 Å². The summed E-state index contributed by atoms with van der Waals surface area (Å²) >= 11 is 0. The van der Waals surface area contributed by atoms with Crippen LogP contribution in [0.1, 0.15) is 57.2 Å². The van der Waals surface area contributed by atoms with Gasteiger partial charge >= 0.3 is 0 Å². The molecule has 3 nitrogen and oxygen atoms in total. The van der Waals surface area contributed by atoms with Crippen molar-refractivity contribution < 1.29 is 9.15 Å². The van der Waals surface area contributed by atoms with Crippen LogP contribution in [-0.2, 0) is 11.2 Å². The lowest BCUT2D eigenvalue weighted by Gasteiger charge is -2.36. The van der Waals surface area contributed by atoms with E-state index in [1.807, 2.05) is 13.8 Å². The van der Waals surface area contributed by atoms with Gasteiger partial charge in [0.1, 0.15) is 11.5 Å². The molecule has 2 atom stereocenters. The predicted octanol–water partition coefficient (Wildman–Crippen LogP) is 3.62. The maximum absolute atomic E-state index is 5.86. The van der Waals surface area contributed by atoms with Gasteiger partial charge in [-0.05, 0) is 38.7 Å². The predicted molar refractivity (Wildman–Crippen MR) is 77.4 cm³/mol. The number of fused-ring (bicyclic) bond motifs is 1. The summed E-state index contributed by atoms with van der Waals surface area (Å²) in [5.41, 5.74) is 1.64. The fraction of sp³-hybridized carbons (Fsp3) is 0.750. The quantitative estimate of drug-likeness (QED) is 0.883. The Kier molecular flexibility index (Phi) is 4.36. The average molecular weight is 265 g/mol. The van der Waals surface area contributed by atoms with E-state index in [2.05, 4.69) is 32.2 Å². The molecule has 0 aromatic carbocycles. The standard InChI is InChI=1S/C16H27NO2/c1-6-18-10-11(2)17-14-8-16(4,5)9-15-13(14)7-12(3)19-15/h7,11,14,17H,6,8-10H2,1-5H3. The van der Waals surface area contributed by atoms with Gasteiger partial charge in [0.15, 0.2) is 0 Å². The molecule has 0 saturated carbocycles. The number of furan rings is 1. The summed E-state index contributed by atoms with van der Waals surface area (Å²) in [5.74, 6) is 2.18. The summed E-state index contributed by atoms with van der Waals surface area (Å²) in [4.78, 5) is 0. The Morgan fingerprint density at radius 1 is 1.53 bits per heavy atom. The lowest BCUT2D eigenvalue weighted by Crippen LogP contribution is -2.39. The summed E-state index contributed by atoms with van der Waals surface area (Å²) in [6, 6.07) is 2.93. The molecule has 0 spiro atoms. The molecule has 0 saturated heterocycles. The van der Waals surface area contributed by atoms with Crippen molar-refractivity contribution in [2.24, 2.45) is 5.41 Å². The molecule has 1 heterocycles. The van der Waals surface area contributed by atoms with Gasteiger partial charge in [-0.2, -0.15) is 0 Å². The highest BCUT2D eigenvalue weighted by Crippen LogP contribution is 2.42. The number of nitrogens with one attached hydrogen (secondary N) is 1. The van der Waals surface area contributed by atoms with Crippen molar-refractivity contribution in [1.29, 1.82) is 0 Å². The van der Waals surface area contributed by atoms with Crippen LogP contribution in [0.3, 0.4) is 0 Å². The highest BCUT2D eigenvalue weighted by Gasteiger charge is 2.35. The first-order valence-corrected chi connectivity index (χ1v) is 7.34. The van der Waals surface area contributed by atoms with Crippen LogP contribution in [0.15, 0.2) is 10.5 Å². The largest absolute Gasteiger partial charge is 0.466 e. The molecule has 0 fully saturated rings. The molecule has 3 heteroatoms. The Balaban J connectivity index is 2.11. The van der Waals surface area contributed by atoms with Gasteiger partial charge in [-0.1, -0.05) is 13.8 Å². The zero-order chi connectivity index (χ0) is 14.0. The first-order chi connectivity index (χ1) is 8.91. The van der Waals surface area contributed by atoms with Crippen LogP contribution in [0.2, 0.25) is 0 Å². The molecule has 0 amide bonds. The second kappa shape index (κ2) is 5.68. The highest BCUT2D eigenvalue weighted by molar-refractivity contribution is 5.29. The second-order valence-electron chi connectivity index (χ2n) is 6.56. The molecule has 1 aliphatic carbocycles. The average Bonchev–Trinajstić information content (AvgIpc) is 2.65. The molecule has 1 aromatic heterocycles. The van der Waals surface area contributed by atoms with E-state index >= 15 is 0 Å². The molecule has 0 aliphatic heterocycles. The van der Waals surface area contributed by atoms with Gasteiger partial charge in [-0.3, -0.25) is 0 Å². The fourth-order valence-electron chi connectivity index (χ4n) is 3.02.